The number of nitrogen functional groups attached to an aromatic ring is 1. The quantitative estimate of drug-likeness (QED) is 0.578. The zero-order chi connectivity index (χ0) is 12.5. The largest absolute Gasteiger partial charge is 0.431 e. The van der Waals surface area contributed by atoms with E-state index in [4.69, 9.17) is 10.2 Å². The minimum atomic E-state index is 0.640. The first-order valence-electron chi connectivity index (χ1n) is 5.48. The number of benzene rings is 1. The predicted octanol–water partition coefficient (Wildman–Crippen LogP) is 2.44. The third-order valence-electron chi connectivity index (χ3n) is 2.50. The minimum absolute atomic E-state index is 0.640. The molecule has 18 heavy (non-hydrogen) atoms. The normalized spacial score (nSPS) is 11.2. The summed E-state index contributed by atoms with van der Waals surface area (Å²) in [5.41, 5.74) is 8.94. The molecule has 0 aliphatic carbocycles. The van der Waals surface area contributed by atoms with Gasteiger partial charge >= 0.3 is 0 Å². The SMILES string of the molecule is Cn1ccc(CSc2nc3cc(N)ccc3o2)n1. The van der Waals surface area contributed by atoms with Crippen LogP contribution in [0.2, 0.25) is 0 Å². The van der Waals surface area contributed by atoms with Gasteiger partial charge in [0.05, 0.1) is 5.69 Å². The molecule has 5 nitrogen and oxygen atoms in total. The Kier molecular flexibility index (Phi) is 2.71. The first kappa shape index (κ1) is 11.2. The molecule has 2 heterocycles. The van der Waals surface area contributed by atoms with E-state index in [1.54, 1.807) is 10.7 Å². The zero-order valence-corrected chi connectivity index (χ0v) is 10.6. The van der Waals surface area contributed by atoms with Crippen LogP contribution in [0.5, 0.6) is 0 Å². The first-order valence-corrected chi connectivity index (χ1v) is 6.47. The number of oxazole rings is 1. The topological polar surface area (TPSA) is 69.9 Å². The lowest BCUT2D eigenvalue weighted by molar-refractivity contribution is 0.489. The van der Waals surface area contributed by atoms with Gasteiger partial charge in [0, 0.05) is 24.7 Å². The van der Waals surface area contributed by atoms with Gasteiger partial charge in [-0.2, -0.15) is 5.10 Å². The summed E-state index contributed by atoms with van der Waals surface area (Å²) in [6, 6.07) is 7.43. The molecule has 0 atom stereocenters. The van der Waals surface area contributed by atoms with E-state index in [2.05, 4.69) is 10.1 Å². The molecular weight excluding hydrogens is 248 g/mol. The Labute approximate surface area is 108 Å². The fourth-order valence-electron chi connectivity index (χ4n) is 1.66. The van der Waals surface area contributed by atoms with Crippen molar-refractivity contribution in [2.45, 2.75) is 11.0 Å². The Morgan fingerprint density at radius 2 is 2.28 bits per heavy atom. The van der Waals surface area contributed by atoms with E-state index in [0.29, 0.717) is 10.9 Å². The summed E-state index contributed by atoms with van der Waals surface area (Å²) >= 11 is 1.52. The van der Waals surface area contributed by atoms with Crippen LogP contribution in [0.4, 0.5) is 5.69 Å². The van der Waals surface area contributed by atoms with Crippen LogP contribution in [0.1, 0.15) is 5.69 Å². The van der Waals surface area contributed by atoms with E-state index in [9.17, 15) is 0 Å². The lowest BCUT2D eigenvalue weighted by Gasteiger charge is -1.92. The maximum Gasteiger partial charge on any atom is 0.257 e. The molecule has 6 heteroatoms. The summed E-state index contributed by atoms with van der Waals surface area (Å²) in [4.78, 5) is 4.38. The molecule has 3 aromatic rings. The minimum Gasteiger partial charge on any atom is -0.431 e. The molecule has 0 aliphatic rings. The Morgan fingerprint density at radius 1 is 1.39 bits per heavy atom. The first-order chi connectivity index (χ1) is 8.70. The van der Waals surface area contributed by atoms with Crippen molar-refractivity contribution in [3.63, 3.8) is 0 Å². The van der Waals surface area contributed by atoms with Crippen LogP contribution < -0.4 is 5.73 Å². The van der Waals surface area contributed by atoms with E-state index in [0.717, 1.165) is 22.5 Å². The van der Waals surface area contributed by atoms with Gasteiger partial charge in [0.15, 0.2) is 5.58 Å². The third kappa shape index (κ3) is 2.19. The van der Waals surface area contributed by atoms with Crippen LogP contribution >= 0.6 is 11.8 Å². The molecule has 2 aromatic heterocycles. The van der Waals surface area contributed by atoms with Gasteiger partial charge < -0.3 is 10.2 Å². The van der Waals surface area contributed by atoms with E-state index >= 15 is 0 Å². The molecule has 0 bridgehead atoms. The van der Waals surface area contributed by atoms with Gasteiger partial charge in [-0.1, -0.05) is 11.8 Å². The van der Waals surface area contributed by atoms with Gasteiger partial charge in [-0.05, 0) is 24.3 Å². The average molecular weight is 260 g/mol. The van der Waals surface area contributed by atoms with Crippen molar-refractivity contribution in [1.29, 1.82) is 0 Å². The number of anilines is 1. The van der Waals surface area contributed by atoms with Crippen molar-refractivity contribution in [1.82, 2.24) is 14.8 Å². The Balaban J connectivity index is 1.78. The fourth-order valence-corrected chi connectivity index (χ4v) is 2.40. The number of fused-ring (bicyclic) bond motifs is 1. The van der Waals surface area contributed by atoms with E-state index in [-0.39, 0.29) is 0 Å². The lowest BCUT2D eigenvalue weighted by atomic mass is 10.3. The highest BCUT2D eigenvalue weighted by Gasteiger charge is 2.07. The number of hydrogen-bond donors (Lipinski definition) is 1. The highest BCUT2D eigenvalue weighted by Crippen LogP contribution is 2.26. The number of nitrogens with two attached hydrogens (primary N) is 1. The van der Waals surface area contributed by atoms with Gasteiger partial charge in [-0.15, -0.1) is 0 Å². The van der Waals surface area contributed by atoms with Gasteiger partial charge in [0.1, 0.15) is 5.52 Å². The number of thioether (sulfide) groups is 1. The second kappa shape index (κ2) is 4.38. The standard InChI is InChI=1S/C12H12N4OS/c1-16-5-4-9(15-16)7-18-12-14-10-6-8(13)2-3-11(10)17-12/h2-6H,7,13H2,1H3. The molecule has 0 saturated heterocycles. The summed E-state index contributed by atoms with van der Waals surface area (Å²) in [6.45, 7) is 0. The molecular formula is C12H12N4OS. The summed E-state index contributed by atoms with van der Waals surface area (Å²) in [7, 11) is 1.90. The Bertz CT molecular complexity index is 688. The van der Waals surface area contributed by atoms with Crippen LogP contribution in [-0.4, -0.2) is 14.8 Å². The maximum atomic E-state index is 5.70. The molecule has 0 saturated carbocycles. The number of aryl methyl sites for hydroxylation is 1. The molecule has 2 N–H and O–H groups in total. The van der Waals surface area contributed by atoms with Gasteiger partial charge in [0.25, 0.3) is 5.22 Å². The lowest BCUT2D eigenvalue weighted by Crippen LogP contribution is -1.89. The molecule has 0 unspecified atom stereocenters. The molecule has 1 aromatic carbocycles. The van der Waals surface area contributed by atoms with Crippen molar-refractivity contribution in [3.8, 4) is 0 Å². The van der Waals surface area contributed by atoms with E-state index in [1.165, 1.54) is 11.8 Å². The highest BCUT2D eigenvalue weighted by molar-refractivity contribution is 7.98. The van der Waals surface area contributed by atoms with Crippen molar-refractivity contribution in [2.24, 2.45) is 7.05 Å². The van der Waals surface area contributed by atoms with Gasteiger partial charge in [0.2, 0.25) is 0 Å². The molecule has 0 aliphatic heterocycles. The summed E-state index contributed by atoms with van der Waals surface area (Å²) < 4.78 is 7.39. The molecule has 0 fully saturated rings. The second-order valence-electron chi connectivity index (χ2n) is 3.98. The summed E-state index contributed by atoms with van der Waals surface area (Å²) in [5, 5.41) is 4.94. The van der Waals surface area contributed by atoms with Crippen LogP contribution in [0.15, 0.2) is 40.1 Å². The predicted molar refractivity (Wildman–Crippen MR) is 71.2 cm³/mol. The van der Waals surface area contributed by atoms with Crippen molar-refractivity contribution < 1.29 is 4.42 Å². The number of hydrogen-bond acceptors (Lipinski definition) is 5. The molecule has 92 valence electrons. The van der Waals surface area contributed by atoms with E-state index < -0.39 is 0 Å². The Hall–Kier alpha value is -1.95. The number of rotatable bonds is 3. The van der Waals surface area contributed by atoms with Gasteiger partial charge in [-0.3, -0.25) is 4.68 Å². The maximum absolute atomic E-state index is 5.70. The highest BCUT2D eigenvalue weighted by atomic mass is 32.2. The number of aromatic nitrogens is 3. The molecule has 3 rings (SSSR count). The van der Waals surface area contributed by atoms with Crippen LogP contribution in [0, 0.1) is 0 Å². The van der Waals surface area contributed by atoms with E-state index in [1.807, 2.05) is 31.4 Å². The zero-order valence-electron chi connectivity index (χ0n) is 9.83. The van der Waals surface area contributed by atoms with Crippen LogP contribution in [0.3, 0.4) is 0 Å². The van der Waals surface area contributed by atoms with Crippen molar-refractivity contribution >= 4 is 28.5 Å². The summed E-state index contributed by atoms with van der Waals surface area (Å²) in [6.07, 6.45) is 1.92. The smallest absolute Gasteiger partial charge is 0.257 e. The van der Waals surface area contributed by atoms with Crippen LogP contribution in [-0.2, 0) is 12.8 Å². The van der Waals surface area contributed by atoms with Gasteiger partial charge in [-0.25, -0.2) is 4.98 Å². The van der Waals surface area contributed by atoms with Crippen molar-refractivity contribution in [2.75, 3.05) is 5.73 Å². The molecule has 0 radical (unpaired) electrons. The Morgan fingerprint density at radius 3 is 3.06 bits per heavy atom. The third-order valence-corrected chi connectivity index (χ3v) is 3.37. The monoisotopic (exact) mass is 260 g/mol. The molecule has 0 spiro atoms. The summed E-state index contributed by atoms with van der Waals surface area (Å²) in [5.74, 6) is 0.739. The van der Waals surface area contributed by atoms with Crippen LogP contribution in [0.25, 0.3) is 11.1 Å². The number of nitrogens with zero attached hydrogens (tertiary/aromatic N) is 3. The average Bonchev–Trinajstić information content (AvgIpc) is 2.92. The van der Waals surface area contributed by atoms with Crippen molar-refractivity contribution in [3.05, 3.63) is 36.2 Å². The second-order valence-corrected chi connectivity index (χ2v) is 4.90. The fraction of sp³-hybridized carbons (Fsp3) is 0.167. The molecule has 0 amide bonds.